The van der Waals surface area contributed by atoms with E-state index in [1.165, 1.54) is 54.7 Å². The predicted octanol–water partition coefficient (Wildman–Crippen LogP) is 13.7. The van der Waals surface area contributed by atoms with Gasteiger partial charge in [0.1, 0.15) is 0 Å². The van der Waals surface area contributed by atoms with Crippen molar-refractivity contribution in [2.45, 2.75) is 6.42 Å². The van der Waals surface area contributed by atoms with Gasteiger partial charge in [0, 0.05) is 38.0 Å². The minimum absolute atomic E-state index is 0.529. The summed E-state index contributed by atoms with van der Waals surface area (Å²) in [6.45, 7) is 4.05. The van der Waals surface area contributed by atoms with Gasteiger partial charge in [-0.25, -0.2) is 9.98 Å². The van der Waals surface area contributed by atoms with Crippen LogP contribution in [0.5, 0.6) is 0 Å². The van der Waals surface area contributed by atoms with E-state index < -0.39 is 0 Å². The van der Waals surface area contributed by atoms with Crippen molar-refractivity contribution in [1.29, 1.82) is 0 Å². The Bertz CT molecular complexity index is 3680. The number of nitrogens with zero attached hydrogens (tertiary/aromatic N) is 5. The molecule has 5 nitrogen and oxygen atoms in total. The number of rotatable bonds is 6. The summed E-state index contributed by atoms with van der Waals surface area (Å²) in [4.78, 5) is 9.85. The summed E-state index contributed by atoms with van der Waals surface area (Å²) in [7, 11) is 0. The summed E-state index contributed by atoms with van der Waals surface area (Å²) >= 11 is 0. The van der Waals surface area contributed by atoms with Gasteiger partial charge in [-0.05, 0) is 90.0 Å². The highest BCUT2D eigenvalue weighted by Gasteiger charge is 2.24. The van der Waals surface area contributed by atoms with E-state index in [1.807, 2.05) is 24.3 Å². The van der Waals surface area contributed by atoms with Crippen LogP contribution in [0.1, 0.15) is 11.1 Å². The lowest BCUT2D eigenvalue weighted by molar-refractivity contribution is 1.18. The third kappa shape index (κ3) is 5.12. The van der Waals surface area contributed by atoms with E-state index in [0.29, 0.717) is 5.96 Å². The van der Waals surface area contributed by atoms with E-state index in [9.17, 15) is 0 Å². The lowest BCUT2D eigenvalue weighted by Crippen LogP contribution is -2.09. The van der Waals surface area contributed by atoms with Crippen molar-refractivity contribution in [1.82, 2.24) is 13.5 Å². The van der Waals surface area contributed by atoms with Crippen molar-refractivity contribution in [3.63, 3.8) is 0 Å². The molecule has 0 atom stereocenters. The van der Waals surface area contributed by atoms with Gasteiger partial charge in [-0.15, -0.1) is 0 Å². The van der Waals surface area contributed by atoms with Gasteiger partial charge in [0.2, 0.25) is 5.96 Å². The molecule has 0 aliphatic heterocycles. The molecular formula is C55H37N5. The van der Waals surface area contributed by atoms with Gasteiger partial charge in [0.15, 0.2) is 0 Å². The van der Waals surface area contributed by atoms with Crippen LogP contribution in [0.25, 0.3) is 93.4 Å². The van der Waals surface area contributed by atoms with Crippen LogP contribution in [0.4, 0.5) is 0 Å². The maximum Gasteiger partial charge on any atom is 0.234 e. The Morgan fingerprint density at radius 1 is 0.483 bits per heavy atom. The molecule has 0 saturated heterocycles. The third-order valence-corrected chi connectivity index (χ3v) is 12.1. The smallest absolute Gasteiger partial charge is 0.234 e. The Labute approximate surface area is 346 Å². The van der Waals surface area contributed by atoms with Crippen molar-refractivity contribution < 1.29 is 0 Å². The number of fused-ring (bicyclic) bond motifs is 11. The van der Waals surface area contributed by atoms with E-state index in [-0.39, 0.29) is 0 Å². The second-order valence-corrected chi connectivity index (χ2v) is 15.5. The Balaban J connectivity index is 1.06. The van der Waals surface area contributed by atoms with Gasteiger partial charge < -0.3 is 8.97 Å². The maximum atomic E-state index is 5.26. The average molecular weight is 768 g/mol. The number of hydrogen-bond acceptors (Lipinski definition) is 1. The van der Waals surface area contributed by atoms with Gasteiger partial charge in [-0.3, -0.25) is 4.57 Å². The van der Waals surface area contributed by atoms with Crippen LogP contribution < -0.4 is 0 Å². The fourth-order valence-corrected chi connectivity index (χ4v) is 9.52. The van der Waals surface area contributed by atoms with Crippen LogP contribution in [0, 0.1) is 0 Å². The topological polar surface area (TPSA) is 39.0 Å². The molecule has 5 aromatic heterocycles. The SMILES string of the molecule is C=NC(=N/C(=C\Cc1ccccc1)c1ccccc1)n1c2ccccc2c2cc(-c3ccc4c(c3)c3c(c5cccc6c7ccccc7c3n65)n4-c3ccccc3)ccc21. The molecule has 60 heavy (non-hydrogen) atoms. The molecule has 0 aliphatic carbocycles. The highest BCUT2D eigenvalue weighted by molar-refractivity contribution is 6.30. The number of aromatic nitrogens is 3. The van der Waals surface area contributed by atoms with Crippen molar-refractivity contribution >= 4 is 89.3 Å². The van der Waals surface area contributed by atoms with Gasteiger partial charge >= 0.3 is 0 Å². The molecule has 0 fully saturated rings. The Hall–Kier alpha value is -8.02. The van der Waals surface area contributed by atoms with Crippen molar-refractivity contribution in [2.24, 2.45) is 9.98 Å². The first-order valence-corrected chi connectivity index (χ1v) is 20.4. The third-order valence-electron chi connectivity index (χ3n) is 12.1. The number of benzene rings is 7. The standard InChI is InChI=1S/C55H37N5/c1-56-55(57-46(37-18-7-3-8-19-37)31-28-36-16-5-2-6-17-36)60-48-25-14-13-23-42(48)44-34-38(29-32-49(44)60)39-30-33-50-45(35-39)52-53-43-24-12-11-22-41(43)47-26-15-27-51(59(47)53)54(52)58(50)40-20-9-4-10-21-40/h2-27,29-35H,1,28H2/b46-31-,57-55?. The van der Waals surface area contributed by atoms with E-state index in [2.05, 4.69) is 201 Å². The van der Waals surface area contributed by atoms with Gasteiger partial charge in [0.05, 0.1) is 44.3 Å². The molecule has 0 N–H and O–H groups in total. The minimum Gasteiger partial charge on any atom is -0.307 e. The number of allylic oxidation sites excluding steroid dienone is 1. The molecule has 0 spiro atoms. The molecule has 282 valence electrons. The normalized spacial score (nSPS) is 12.7. The number of hydrogen-bond donors (Lipinski definition) is 0. The van der Waals surface area contributed by atoms with Crippen molar-refractivity contribution in [3.8, 4) is 16.8 Å². The Morgan fingerprint density at radius 3 is 1.82 bits per heavy atom. The number of aliphatic imine (C=N–C) groups is 2. The lowest BCUT2D eigenvalue weighted by Gasteiger charge is -2.10. The molecule has 0 unspecified atom stereocenters. The minimum atomic E-state index is 0.529. The second kappa shape index (κ2) is 13.5. The summed E-state index contributed by atoms with van der Waals surface area (Å²) in [5.74, 6) is 0.529. The Morgan fingerprint density at radius 2 is 1.07 bits per heavy atom. The summed E-state index contributed by atoms with van der Waals surface area (Å²) in [5.41, 5.74) is 14.7. The molecule has 12 aromatic rings. The second-order valence-electron chi connectivity index (χ2n) is 15.5. The highest BCUT2D eigenvalue weighted by atomic mass is 15.2. The predicted molar refractivity (Wildman–Crippen MR) is 253 cm³/mol. The number of pyridine rings is 1. The van der Waals surface area contributed by atoms with E-state index >= 15 is 0 Å². The molecule has 0 amide bonds. The monoisotopic (exact) mass is 767 g/mol. The van der Waals surface area contributed by atoms with Crippen LogP contribution in [-0.2, 0) is 6.42 Å². The first-order chi connectivity index (χ1) is 29.7. The highest BCUT2D eigenvalue weighted by Crippen LogP contribution is 2.45. The zero-order valence-corrected chi connectivity index (χ0v) is 32.7. The van der Waals surface area contributed by atoms with E-state index in [4.69, 9.17) is 4.99 Å². The zero-order chi connectivity index (χ0) is 39.7. The zero-order valence-electron chi connectivity index (χ0n) is 32.7. The lowest BCUT2D eigenvalue weighted by atomic mass is 10.0. The van der Waals surface area contributed by atoms with Gasteiger partial charge in [-0.2, -0.15) is 0 Å². The van der Waals surface area contributed by atoms with Crippen LogP contribution in [-0.4, -0.2) is 26.2 Å². The fraction of sp³-hybridized carbons (Fsp3) is 0.0182. The summed E-state index contributed by atoms with van der Waals surface area (Å²) < 4.78 is 7.06. The Kier molecular flexibility index (Phi) is 7.69. The van der Waals surface area contributed by atoms with Crippen LogP contribution in [0.15, 0.2) is 210 Å². The van der Waals surface area contributed by atoms with Gasteiger partial charge in [0.25, 0.3) is 0 Å². The average Bonchev–Trinajstić information content (AvgIpc) is 4.04. The van der Waals surface area contributed by atoms with Crippen LogP contribution >= 0.6 is 0 Å². The molecule has 7 aromatic carbocycles. The first kappa shape index (κ1) is 34.1. The molecule has 5 heterocycles. The molecule has 12 rings (SSSR count). The van der Waals surface area contributed by atoms with Gasteiger partial charge in [-0.1, -0.05) is 146 Å². The van der Waals surface area contributed by atoms with E-state index in [1.54, 1.807) is 0 Å². The van der Waals surface area contributed by atoms with Crippen molar-refractivity contribution in [2.75, 3.05) is 0 Å². The van der Waals surface area contributed by atoms with Crippen LogP contribution in [0.3, 0.4) is 0 Å². The largest absolute Gasteiger partial charge is 0.307 e. The number of para-hydroxylation sites is 2. The molecular weight excluding hydrogens is 731 g/mol. The quantitative estimate of drug-likeness (QED) is 0.119. The fourth-order valence-electron chi connectivity index (χ4n) is 9.52. The van der Waals surface area contributed by atoms with Crippen LogP contribution in [0.2, 0.25) is 0 Å². The van der Waals surface area contributed by atoms with E-state index in [0.717, 1.165) is 56.3 Å². The summed E-state index contributed by atoms with van der Waals surface area (Å²) in [6.07, 6.45) is 2.93. The molecule has 5 heteroatoms. The maximum absolute atomic E-state index is 5.26. The molecule has 0 radical (unpaired) electrons. The first-order valence-electron chi connectivity index (χ1n) is 20.4. The molecule has 0 bridgehead atoms. The molecule has 0 aliphatic rings. The summed E-state index contributed by atoms with van der Waals surface area (Å²) in [6, 6.07) is 69.4. The summed E-state index contributed by atoms with van der Waals surface area (Å²) in [5, 5.41) is 7.32. The molecule has 0 saturated carbocycles. The van der Waals surface area contributed by atoms with Crippen molar-refractivity contribution in [3.05, 3.63) is 211 Å².